The number of benzene rings is 1. The van der Waals surface area contributed by atoms with Gasteiger partial charge in [0.2, 0.25) is 6.04 Å². The van der Waals surface area contributed by atoms with Crippen LogP contribution in [0.2, 0.25) is 0 Å². The highest BCUT2D eigenvalue weighted by atomic mass is 19.4. The van der Waals surface area contributed by atoms with Gasteiger partial charge in [0, 0.05) is 5.56 Å². The Labute approximate surface area is 112 Å². The van der Waals surface area contributed by atoms with Gasteiger partial charge in [-0.05, 0) is 24.3 Å². The molecule has 0 aliphatic carbocycles. The van der Waals surface area contributed by atoms with Crippen LogP contribution in [0.25, 0.3) is 0 Å². The van der Waals surface area contributed by atoms with Gasteiger partial charge >= 0.3 is 12.1 Å². The molecule has 1 aromatic rings. The first kappa shape index (κ1) is 15.8. The zero-order valence-electron chi connectivity index (χ0n) is 10.7. The van der Waals surface area contributed by atoms with Crippen LogP contribution in [-0.4, -0.2) is 38.3 Å². The number of hydrogen-bond acceptors (Lipinski definition) is 4. The van der Waals surface area contributed by atoms with Gasteiger partial charge < -0.3 is 14.8 Å². The molecule has 1 rings (SSSR count). The average molecular weight is 291 g/mol. The molecule has 0 heterocycles. The number of alkyl halides is 3. The van der Waals surface area contributed by atoms with E-state index in [0.29, 0.717) is 5.75 Å². The predicted octanol–water partition coefficient (Wildman–Crippen LogP) is 1.53. The molecule has 20 heavy (non-hydrogen) atoms. The topological polar surface area (TPSA) is 64.6 Å². The molecule has 1 unspecified atom stereocenters. The number of hydrogen-bond donors (Lipinski definition) is 1. The van der Waals surface area contributed by atoms with E-state index in [9.17, 15) is 22.8 Å². The van der Waals surface area contributed by atoms with E-state index in [-0.39, 0.29) is 5.56 Å². The maximum Gasteiger partial charge on any atom is 0.419 e. The van der Waals surface area contributed by atoms with Crippen LogP contribution in [0.15, 0.2) is 24.3 Å². The van der Waals surface area contributed by atoms with Crippen molar-refractivity contribution in [1.29, 1.82) is 0 Å². The molecular weight excluding hydrogens is 279 g/mol. The Morgan fingerprint density at radius 1 is 1.15 bits per heavy atom. The Morgan fingerprint density at radius 3 is 2.10 bits per heavy atom. The highest BCUT2D eigenvalue weighted by Gasteiger charge is 2.47. The van der Waals surface area contributed by atoms with Crippen molar-refractivity contribution in [2.24, 2.45) is 0 Å². The van der Waals surface area contributed by atoms with E-state index in [1.807, 2.05) is 0 Å². The molecule has 0 aliphatic rings. The summed E-state index contributed by atoms with van der Waals surface area (Å²) >= 11 is 0. The summed E-state index contributed by atoms with van der Waals surface area (Å²) in [5.74, 6) is -2.18. The number of methoxy groups -OCH3 is 2. The van der Waals surface area contributed by atoms with Gasteiger partial charge in [-0.1, -0.05) is 0 Å². The minimum Gasteiger partial charge on any atom is -0.497 e. The lowest BCUT2D eigenvalue weighted by molar-refractivity contribution is -0.180. The quantitative estimate of drug-likeness (QED) is 0.854. The van der Waals surface area contributed by atoms with Crippen LogP contribution in [0.5, 0.6) is 5.75 Å². The number of amides is 1. The second-order valence-corrected chi connectivity index (χ2v) is 3.70. The number of halogens is 3. The number of ether oxygens (including phenoxy) is 2. The summed E-state index contributed by atoms with van der Waals surface area (Å²) in [4.78, 5) is 22.7. The summed E-state index contributed by atoms with van der Waals surface area (Å²) in [7, 11) is 2.21. The third-order valence-corrected chi connectivity index (χ3v) is 2.39. The van der Waals surface area contributed by atoms with E-state index >= 15 is 0 Å². The molecule has 5 nitrogen and oxygen atoms in total. The Morgan fingerprint density at radius 2 is 1.70 bits per heavy atom. The number of esters is 1. The number of rotatable bonds is 4. The summed E-state index contributed by atoms with van der Waals surface area (Å²) in [6, 6.07) is 2.67. The fourth-order valence-electron chi connectivity index (χ4n) is 1.35. The van der Waals surface area contributed by atoms with E-state index in [0.717, 1.165) is 7.11 Å². The van der Waals surface area contributed by atoms with Crippen molar-refractivity contribution in [2.45, 2.75) is 12.2 Å². The minimum absolute atomic E-state index is 0.0380. The molecule has 0 bridgehead atoms. The summed E-state index contributed by atoms with van der Waals surface area (Å²) in [5.41, 5.74) is -0.0380. The molecule has 0 aromatic heterocycles. The molecule has 0 spiro atoms. The van der Waals surface area contributed by atoms with Crippen molar-refractivity contribution in [3.63, 3.8) is 0 Å². The molecule has 0 aliphatic heterocycles. The zero-order valence-corrected chi connectivity index (χ0v) is 10.7. The van der Waals surface area contributed by atoms with Gasteiger partial charge in [0.1, 0.15) is 5.75 Å². The lowest BCUT2D eigenvalue weighted by atomic mass is 10.2. The van der Waals surface area contributed by atoms with Crippen LogP contribution in [0.4, 0.5) is 13.2 Å². The maximum atomic E-state index is 12.6. The standard InChI is InChI=1S/C12H12F3NO4/c1-19-8-5-3-7(4-6-8)10(17)16-9(11(18)20-2)12(13,14)15/h3-6,9H,1-2H3,(H,16,17). The smallest absolute Gasteiger partial charge is 0.419 e. The Hall–Kier alpha value is -2.25. The van der Waals surface area contributed by atoms with Crippen LogP contribution < -0.4 is 10.1 Å². The van der Waals surface area contributed by atoms with Gasteiger partial charge in [-0.2, -0.15) is 13.2 Å². The van der Waals surface area contributed by atoms with Gasteiger partial charge in [-0.25, -0.2) is 4.79 Å². The van der Waals surface area contributed by atoms with Crippen LogP contribution in [0, 0.1) is 0 Å². The maximum absolute atomic E-state index is 12.6. The third-order valence-electron chi connectivity index (χ3n) is 2.39. The summed E-state index contributed by atoms with van der Waals surface area (Å²) in [6.07, 6.45) is -4.94. The van der Waals surface area contributed by atoms with Gasteiger partial charge in [-0.3, -0.25) is 4.79 Å². The third kappa shape index (κ3) is 3.87. The minimum atomic E-state index is -4.94. The van der Waals surface area contributed by atoms with E-state index in [1.54, 1.807) is 5.32 Å². The van der Waals surface area contributed by atoms with Crippen molar-refractivity contribution >= 4 is 11.9 Å². The average Bonchev–Trinajstić information content (AvgIpc) is 2.42. The van der Waals surface area contributed by atoms with Crippen LogP contribution in [-0.2, 0) is 9.53 Å². The van der Waals surface area contributed by atoms with Gasteiger partial charge in [0.05, 0.1) is 14.2 Å². The van der Waals surface area contributed by atoms with Gasteiger partial charge in [0.25, 0.3) is 5.91 Å². The fourth-order valence-corrected chi connectivity index (χ4v) is 1.35. The summed E-state index contributed by atoms with van der Waals surface area (Å²) in [6.45, 7) is 0. The first-order chi connectivity index (χ1) is 9.29. The van der Waals surface area contributed by atoms with E-state index in [2.05, 4.69) is 4.74 Å². The second-order valence-electron chi connectivity index (χ2n) is 3.70. The SMILES string of the molecule is COC(=O)C(NC(=O)c1ccc(OC)cc1)C(F)(F)F. The van der Waals surface area contributed by atoms with E-state index in [1.165, 1.54) is 31.4 Å². The normalized spacial score (nSPS) is 12.4. The summed E-state index contributed by atoms with van der Waals surface area (Å²) in [5, 5.41) is 1.58. The largest absolute Gasteiger partial charge is 0.497 e. The van der Waals surface area contributed by atoms with Crippen molar-refractivity contribution in [3.8, 4) is 5.75 Å². The Kier molecular flexibility index (Phi) is 4.95. The molecule has 1 atom stereocenters. The van der Waals surface area contributed by atoms with E-state index in [4.69, 9.17) is 4.74 Å². The van der Waals surface area contributed by atoms with E-state index < -0.39 is 24.1 Å². The number of nitrogens with one attached hydrogen (secondary N) is 1. The van der Waals surface area contributed by atoms with Crippen molar-refractivity contribution in [1.82, 2.24) is 5.32 Å². The highest BCUT2D eigenvalue weighted by molar-refractivity contribution is 5.97. The highest BCUT2D eigenvalue weighted by Crippen LogP contribution is 2.21. The predicted molar refractivity (Wildman–Crippen MR) is 62.3 cm³/mol. The second kappa shape index (κ2) is 6.27. The Bertz CT molecular complexity index is 484. The molecule has 1 aromatic carbocycles. The molecule has 110 valence electrons. The first-order valence-corrected chi connectivity index (χ1v) is 5.39. The monoisotopic (exact) mass is 291 g/mol. The molecule has 1 amide bonds. The molecule has 1 N–H and O–H groups in total. The fraction of sp³-hybridized carbons (Fsp3) is 0.333. The van der Waals surface area contributed by atoms with Crippen molar-refractivity contribution in [3.05, 3.63) is 29.8 Å². The van der Waals surface area contributed by atoms with Crippen LogP contribution >= 0.6 is 0 Å². The van der Waals surface area contributed by atoms with Crippen LogP contribution in [0.3, 0.4) is 0 Å². The number of carbonyl (C=O) groups excluding carboxylic acids is 2. The molecule has 0 fully saturated rings. The molecule has 8 heteroatoms. The van der Waals surface area contributed by atoms with Gasteiger partial charge in [0.15, 0.2) is 0 Å². The van der Waals surface area contributed by atoms with Crippen LogP contribution in [0.1, 0.15) is 10.4 Å². The molecule has 0 radical (unpaired) electrons. The van der Waals surface area contributed by atoms with Gasteiger partial charge in [-0.15, -0.1) is 0 Å². The summed E-state index contributed by atoms with van der Waals surface area (Å²) < 4.78 is 46.7. The lowest BCUT2D eigenvalue weighted by Gasteiger charge is -2.19. The van der Waals surface area contributed by atoms with Crippen molar-refractivity contribution in [2.75, 3.05) is 14.2 Å². The first-order valence-electron chi connectivity index (χ1n) is 5.39. The molecule has 0 saturated heterocycles. The van der Waals surface area contributed by atoms with Crippen molar-refractivity contribution < 1.29 is 32.2 Å². The molecular formula is C12H12F3NO4. The molecule has 0 saturated carbocycles. The zero-order chi connectivity index (χ0) is 15.3. The Balaban J connectivity index is 2.87. The number of carbonyl (C=O) groups is 2. The lowest BCUT2D eigenvalue weighted by Crippen LogP contribution is -2.51.